The summed E-state index contributed by atoms with van der Waals surface area (Å²) < 4.78 is 33.1. The quantitative estimate of drug-likeness (QED) is 0.692. The SMILES string of the molecule is CC(OC(=O)c1ccccc1NS(=O)(=O)c1ccc(Cl)s1)C(=O)N1CCCC1. The molecule has 1 aliphatic rings. The van der Waals surface area contributed by atoms with E-state index in [0.29, 0.717) is 17.4 Å². The van der Waals surface area contributed by atoms with Crippen LogP contribution in [0.4, 0.5) is 5.69 Å². The average molecular weight is 443 g/mol. The highest BCUT2D eigenvalue weighted by atomic mass is 35.5. The molecule has 0 bridgehead atoms. The molecule has 0 aliphatic carbocycles. The lowest BCUT2D eigenvalue weighted by atomic mass is 10.2. The lowest BCUT2D eigenvalue weighted by molar-refractivity contribution is -0.138. The van der Waals surface area contributed by atoms with Crippen molar-refractivity contribution in [3.05, 3.63) is 46.3 Å². The van der Waals surface area contributed by atoms with Gasteiger partial charge in [-0.1, -0.05) is 23.7 Å². The van der Waals surface area contributed by atoms with Gasteiger partial charge >= 0.3 is 5.97 Å². The molecule has 1 aromatic heterocycles. The third-order valence-corrected chi connectivity index (χ3v) is 7.34. The fourth-order valence-electron chi connectivity index (χ4n) is 2.86. The summed E-state index contributed by atoms with van der Waals surface area (Å²) in [6.07, 6.45) is 0.916. The molecule has 1 fully saturated rings. The smallest absolute Gasteiger partial charge is 0.341 e. The van der Waals surface area contributed by atoms with E-state index in [1.807, 2.05) is 0 Å². The van der Waals surface area contributed by atoms with E-state index in [0.717, 1.165) is 24.2 Å². The summed E-state index contributed by atoms with van der Waals surface area (Å²) in [7, 11) is -3.91. The number of carbonyl (C=O) groups is 2. The third kappa shape index (κ3) is 4.65. The number of esters is 1. The molecule has 0 saturated carbocycles. The highest BCUT2D eigenvalue weighted by molar-refractivity contribution is 7.94. The van der Waals surface area contributed by atoms with Gasteiger partial charge < -0.3 is 9.64 Å². The lowest BCUT2D eigenvalue weighted by Crippen LogP contribution is -2.38. The van der Waals surface area contributed by atoms with Crippen molar-refractivity contribution in [3.8, 4) is 0 Å². The Bertz CT molecular complexity index is 983. The molecular weight excluding hydrogens is 424 g/mol. The van der Waals surface area contributed by atoms with Gasteiger partial charge in [0.25, 0.3) is 15.9 Å². The van der Waals surface area contributed by atoms with Crippen molar-refractivity contribution in [2.45, 2.75) is 30.1 Å². The Morgan fingerprint density at radius 1 is 1.18 bits per heavy atom. The van der Waals surface area contributed by atoms with Gasteiger partial charge in [0.2, 0.25) is 0 Å². The number of halogens is 1. The first-order valence-corrected chi connectivity index (χ1v) is 11.3. The van der Waals surface area contributed by atoms with E-state index < -0.39 is 22.1 Å². The van der Waals surface area contributed by atoms with Crippen molar-refractivity contribution in [2.24, 2.45) is 0 Å². The molecule has 150 valence electrons. The zero-order valence-electron chi connectivity index (χ0n) is 15.1. The standard InChI is InChI=1S/C18H19ClN2O5S2/c1-12(17(22)21-10-4-5-11-21)26-18(23)13-6-2-3-7-14(13)20-28(24,25)16-9-8-15(19)27-16/h2-3,6-9,12,20H,4-5,10-11H2,1H3. The van der Waals surface area contributed by atoms with Crippen molar-refractivity contribution >= 4 is 50.5 Å². The number of nitrogens with zero attached hydrogens (tertiary/aromatic N) is 1. The van der Waals surface area contributed by atoms with Crippen LogP contribution in [0.2, 0.25) is 4.34 Å². The van der Waals surface area contributed by atoms with E-state index in [1.165, 1.54) is 31.2 Å². The van der Waals surface area contributed by atoms with E-state index in [2.05, 4.69) is 4.72 Å². The first-order valence-electron chi connectivity index (χ1n) is 8.65. The van der Waals surface area contributed by atoms with E-state index in [9.17, 15) is 18.0 Å². The molecule has 28 heavy (non-hydrogen) atoms. The number of hydrogen-bond donors (Lipinski definition) is 1. The fraction of sp³-hybridized carbons (Fsp3) is 0.333. The molecule has 1 aromatic carbocycles. The van der Waals surface area contributed by atoms with Gasteiger partial charge in [-0.25, -0.2) is 13.2 Å². The number of para-hydroxylation sites is 1. The fourth-order valence-corrected chi connectivity index (χ4v) is 5.42. The Hall–Kier alpha value is -2.10. The number of likely N-dealkylation sites (tertiary alicyclic amines) is 1. The van der Waals surface area contributed by atoms with E-state index in [-0.39, 0.29) is 21.4 Å². The Morgan fingerprint density at radius 3 is 2.50 bits per heavy atom. The van der Waals surface area contributed by atoms with Crippen LogP contribution in [-0.4, -0.2) is 44.4 Å². The molecule has 2 aromatic rings. The maximum absolute atomic E-state index is 12.6. The first kappa shape index (κ1) is 20.6. The summed E-state index contributed by atoms with van der Waals surface area (Å²) in [6.45, 7) is 2.82. The number of hydrogen-bond acceptors (Lipinski definition) is 6. The Kier molecular flexibility index (Phi) is 6.26. The average Bonchev–Trinajstić information content (AvgIpc) is 3.33. The molecular formula is C18H19ClN2O5S2. The second-order valence-electron chi connectivity index (χ2n) is 6.29. The summed E-state index contributed by atoms with van der Waals surface area (Å²) >= 11 is 6.71. The highest BCUT2D eigenvalue weighted by Crippen LogP contribution is 2.28. The third-order valence-electron chi connectivity index (χ3n) is 4.25. The van der Waals surface area contributed by atoms with Gasteiger partial charge in [0, 0.05) is 13.1 Å². The van der Waals surface area contributed by atoms with Crippen LogP contribution in [0.5, 0.6) is 0 Å². The zero-order chi connectivity index (χ0) is 20.3. The topological polar surface area (TPSA) is 92.8 Å². The number of rotatable bonds is 6. The predicted octanol–water partition coefficient (Wildman–Crippen LogP) is 3.37. The maximum Gasteiger partial charge on any atom is 0.341 e. The molecule has 7 nitrogen and oxygen atoms in total. The van der Waals surface area contributed by atoms with Crippen LogP contribution in [0.15, 0.2) is 40.6 Å². The van der Waals surface area contributed by atoms with Crippen molar-refractivity contribution in [2.75, 3.05) is 17.8 Å². The molecule has 0 spiro atoms. The number of anilines is 1. The van der Waals surface area contributed by atoms with E-state index >= 15 is 0 Å². The van der Waals surface area contributed by atoms with Gasteiger partial charge in [-0.2, -0.15) is 0 Å². The minimum absolute atomic E-state index is 0.0230. The van der Waals surface area contributed by atoms with Crippen molar-refractivity contribution < 1.29 is 22.7 Å². The predicted molar refractivity (Wildman–Crippen MR) is 107 cm³/mol. The van der Waals surface area contributed by atoms with Crippen molar-refractivity contribution in [3.63, 3.8) is 0 Å². The van der Waals surface area contributed by atoms with Crippen molar-refractivity contribution in [1.29, 1.82) is 0 Å². The van der Waals surface area contributed by atoms with Gasteiger partial charge in [0.05, 0.1) is 15.6 Å². The number of thiophene rings is 1. The van der Waals surface area contributed by atoms with Crippen LogP contribution >= 0.6 is 22.9 Å². The number of carbonyl (C=O) groups excluding carboxylic acids is 2. The number of benzene rings is 1. The molecule has 0 radical (unpaired) electrons. The molecule has 1 amide bonds. The monoisotopic (exact) mass is 442 g/mol. The van der Waals surface area contributed by atoms with Crippen LogP contribution in [0.25, 0.3) is 0 Å². The number of nitrogens with one attached hydrogen (secondary N) is 1. The second-order valence-corrected chi connectivity index (χ2v) is 9.91. The van der Waals surface area contributed by atoms with Crippen LogP contribution in [0.3, 0.4) is 0 Å². The second kappa shape index (κ2) is 8.50. The summed E-state index contributed by atoms with van der Waals surface area (Å²) in [5.41, 5.74) is 0.0904. The van der Waals surface area contributed by atoms with Crippen LogP contribution < -0.4 is 4.72 Å². The van der Waals surface area contributed by atoms with Crippen LogP contribution in [0.1, 0.15) is 30.1 Å². The number of sulfonamides is 1. The van der Waals surface area contributed by atoms with Gasteiger partial charge in [-0.15, -0.1) is 11.3 Å². The molecule has 1 N–H and O–H groups in total. The Balaban J connectivity index is 1.76. The number of amides is 1. The normalized spacial score (nSPS) is 15.3. The van der Waals surface area contributed by atoms with E-state index in [1.54, 1.807) is 17.0 Å². The van der Waals surface area contributed by atoms with Crippen LogP contribution in [-0.2, 0) is 19.6 Å². The molecule has 1 atom stereocenters. The maximum atomic E-state index is 12.6. The highest BCUT2D eigenvalue weighted by Gasteiger charge is 2.27. The number of ether oxygens (including phenoxy) is 1. The Morgan fingerprint density at radius 2 is 1.86 bits per heavy atom. The van der Waals surface area contributed by atoms with Crippen molar-refractivity contribution in [1.82, 2.24) is 4.90 Å². The van der Waals surface area contributed by atoms with E-state index in [4.69, 9.17) is 16.3 Å². The van der Waals surface area contributed by atoms with Gasteiger partial charge in [0.15, 0.2) is 6.10 Å². The zero-order valence-corrected chi connectivity index (χ0v) is 17.4. The molecule has 1 unspecified atom stereocenters. The van der Waals surface area contributed by atoms with Gasteiger partial charge in [-0.3, -0.25) is 9.52 Å². The largest absolute Gasteiger partial charge is 0.449 e. The Labute approximate surface area is 172 Å². The molecule has 1 aliphatic heterocycles. The molecule has 1 saturated heterocycles. The van der Waals surface area contributed by atoms with Gasteiger partial charge in [-0.05, 0) is 44.0 Å². The summed E-state index contributed by atoms with van der Waals surface area (Å²) in [6, 6.07) is 8.93. The van der Waals surface area contributed by atoms with Crippen LogP contribution in [0, 0.1) is 0 Å². The molecule has 10 heteroatoms. The molecule has 2 heterocycles. The minimum atomic E-state index is -3.91. The first-order chi connectivity index (χ1) is 13.3. The minimum Gasteiger partial charge on any atom is -0.449 e. The summed E-state index contributed by atoms with van der Waals surface area (Å²) in [4.78, 5) is 26.6. The summed E-state index contributed by atoms with van der Waals surface area (Å²) in [5.74, 6) is -1.03. The molecule has 3 rings (SSSR count). The lowest BCUT2D eigenvalue weighted by Gasteiger charge is -2.21. The summed E-state index contributed by atoms with van der Waals surface area (Å²) in [5, 5.41) is 0. The van der Waals surface area contributed by atoms with Gasteiger partial charge in [0.1, 0.15) is 4.21 Å².